The van der Waals surface area contributed by atoms with Crippen molar-refractivity contribution in [1.29, 1.82) is 0 Å². The number of alkyl halides is 1. The Balaban J connectivity index is 2.18. The second kappa shape index (κ2) is 6.99. The molecule has 2 aromatic rings. The molecular formula is C15H12BrCl3. The minimum absolute atomic E-state index is 0.270. The molecule has 0 N–H and O–H groups in total. The molecule has 4 heteroatoms. The lowest BCUT2D eigenvalue weighted by Crippen LogP contribution is -2.04. The third-order valence-corrected chi connectivity index (χ3v) is 4.63. The van der Waals surface area contributed by atoms with Crippen molar-refractivity contribution in [2.24, 2.45) is 0 Å². The molecule has 0 bridgehead atoms. The summed E-state index contributed by atoms with van der Waals surface area (Å²) in [5, 5.41) is 1.17. The van der Waals surface area contributed by atoms with Crippen molar-refractivity contribution in [2.75, 3.05) is 5.88 Å². The Bertz CT molecular complexity index is 552. The van der Waals surface area contributed by atoms with Crippen LogP contribution in [0.25, 0.3) is 0 Å². The zero-order valence-corrected chi connectivity index (χ0v) is 13.9. The van der Waals surface area contributed by atoms with Crippen LogP contribution in [-0.4, -0.2) is 5.88 Å². The highest BCUT2D eigenvalue weighted by atomic mass is 79.9. The van der Waals surface area contributed by atoms with E-state index in [0.29, 0.717) is 15.9 Å². The number of benzene rings is 2. The normalized spacial score (nSPS) is 12.4. The molecule has 0 aliphatic carbocycles. The fourth-order valence-corrected chi connectivity index (χ4v) is 2.82. The molecule has 0 fully saturated rings. The molecular weight excluding hydrogens is 366 g/mol. The molecule has 100 valence electrons. The first-order valence-electron chi connectivity index (χ1n) is 5.85. The Morgan fingerprint density at radius 3 is 2.21 bits per heavy atom. The van der Waals surface area contributed by atoms with E-state index in [0.717, 1.165) is 16.5 Å². The van der Waals surface area contributed by atoms with Gasteiger partial charge in [-0.1, -0.05) is 57.3 Å². The van der Waals surface area contributed by atoms with E-state index in [1.165, 1.54) is 5.56 Å². The van der Waals surface area contributed by atoms with E-state index < -0.39 is 0 Å². The number of hydrogen-bond donors (Lipinski definition) is 0. The van der Waals surface area contributed by atoms with Crippen molar-refractivity contribution in [3.8, 4) is 0 Å². The SMILES string of the molecule is ClCC(Cc1ccc(Cl)c(Cl)c1)c1ccc(Br)cc1. The first-order valence-corrected chi connectivity index (χ1v) is 7.94. The zero-order valence-electron chi connectivity index (χ0n) is 10.0. The molecule has 1 atom stereocenters. The fourth-order valence-electron chi connectivity index (χ4n) is 1.95. The molecule has 0 aromatic heterocycles. The molecule has 0 aliphatic rings. The summed E-state index contributed by atoms with van der Waals surface area (Å²) in [4.78, 5) is 0. The molecule has 0 saturated carbocycles. The minimum Gasteiger partial charge on any atom is -0.126 e. The summed E-state index contributed by atoms with van der Waals surface area (Å²) in [5.41, 5.74) is 2.37. The monoisotopic (exact) mass is 376 g/mol. The van der Waals surface area contributed by atoms with Gasteiger partial charge in [0.05, 0.1) is 10.0 Å². The van der Waals surface area contributed by atoms with Crippen LogP contribution in [0.3, 0.4) is 0 Å². The van der Waals surface area contributed by atoms with Crippen molar-refractivity contribution < 1.29 is 0 Å². The molecule has 0 radical (unpaired) electrons. The van der Waals surface area contributed by atoms with Crippen molar-refractivity contribution in [2.45, 2.75) is 12.3 Å². The van der Waals surface area contributed by atoms with Gasteiger partial charge >= 0.3 is 0 Å². The van der Waals surface area contributed by atoms with E-state index in [-0.39, 0.29) is 5.92 Å². The van der Waals surface area contributed by atoms with Gasteiger partial charge < -0.3 is 0 Å². The molecule has 0 amide bonds. The second-order valence-corrected chi connectivity index (χ2v) is 6.39. The Labute approximate surface area is 136 Å². The van der Waals surface area contributed by atoms with E-state index in [2.05, 4.69) is 28.1 Å². The summed E-state index contributed by atoms with van der Waals surface area (Å²) in [5.74, 6) is 0.842. The van der Waals surface area contributed by atoms with E-state index in [4.69, 9.17) is 34.8 Å². The van der Waals surface area contributed by atoms with E-state index in [1.807, 2.05) is 30.3 Å². The second-order valence-electron chi connectivity index (χ2n) is 4.36. The smallest absolute Gasteiger partial charge is 0.0595 e. The third kappa shape index (κ3) is 4.13. The van der Waals surface area contributed by atoms with Gasteiger partial charge in [0.1, 0.15) is 0 Å². The first kappa shape index (κ1) is 15.2. The van der Waals surface area contributed by atoms with Gasteiger partial charge in [-0.15, -0.1) is 11.6 Å². The molecule has 1 unspecified atom stereocenters. The molecule has 0 aliphatic heterocycles. The number of halogens is 4. The summed E-state index contributed by atoms with van der Waals surface area (Å²) in [6.45, 7) is 0. The molecule has 2 aromatic carbocycles. The number of rotatable bonds is 4. The van der Waals surface area contributed by atoms with Gasteiger partial charge in [-0.3, -0.25) is 0 Å². The van der Waals surface area contributed by atoms with Crippen LogP contribution in [0.4, 0.5) is 0 Å². The topological polar surface area (TPSA) is 0 Å². The van der Waals surface area contributed by atoms with Crippen LogP contribution in [0.1, 0.15) is 17.0 Å². The predicted molar refractivity (Wildman–Crippen MR) is 87.8 cm³/mol. The van der Waals surface area contributed by atoms with Crippen LogP contribution in [-0.2, 0) is 6.42 Å². The van der Waals surface area contributed by atoms with E-state index in [1.54, 1.807) is 0 Å². The lowest BCUT2D eigenvalue weighted by Gasteiger charge is -2.15. The molecule has 19 heavy (non-hydrogen) atoms. The van der Waals surface area contributed by atoms with Crippen molar-refractivity contribution >= 4 is 50.7 Å². The summed E-state index contributed by atoms with van der Waals surface area (Å²) in [7, 11) is 0. The van der Waals surface area contributed by atoms with Crippen LogP contribution < -0.4 is 0 Å². The van der Waals surface area contributed by atoms with Crippen LogP contribution in [0, 0.1) is 0 Å². The predicted octanol–water partition coefficient (Wildman–Crippen LogP) is 6.32. The largest absolute Gasteiger partial charge is 0.126 e. The zero-order chi connectivity index (χ0) is 13.8. The van der Waals surface area contributed by atoms with Gasteiger partial charge in [0.2, 0.25) is 0 Å². The average Bonchev–Trinajstić information content (AvgIpc) is 2.41. The lowest BCUT2D eigenvalue weighted by molar-refractivity contribution is 0.766. The Morgan fingerprint density at radius 1 is 0.947 bits per heavy atom. The lowest BCUT2D eigenvalue weighted by atomic mass is 9.94. The maximum absolute atomic E-state index is 6.09. The molecule has 0 heterocycles. The van der Waals surface area contributed by atoms with Gasteiger partial charge in [0, 0.05) is 16.3 Å². The first-order chi connectivity index (χ1) is 9.10. The van der Waals surface area contributed by atoms with Gasteiger partial charge in [-0.2, -0.15) is 0 Å². The van der Waals surface area contributed by atoms with Crippen molar-refractivity contribution in [1.82, 2.24) is 0 Å². The van der Waals surface area contributed by atoms with Gasteiger partial charge in [0.25, 0.3) is 0 Å². The number of hydrogen-bond acceptors (Lipinski definition) is 0. The molecule has 0 saturated heterocycles. The Hall–Kier alpha value is -0.210. The Kier molecular flexibility index (Phi) is 5.58. The maximum Gasteiger partial charge on any atom is 0.0595 e. The van der Waals surface area contributed by atoms with E-state index >= 15 is 0 Å². The van der Waals surface area contributed by atoms with Crippen molar-refractivity contribution in [3.05, 3.63) is 68.1 Å². The third-order valence-electron chi connectivity index (χ3n) is 2.99. The van der Waals surface area contributed by atoms with Gasteiger partial charge in [-0.25, -0.2) is 0 Å². The van der Waals surface area contributed by atoms with Crippen LogP contribution in [0.2, 0.25) is 10.0 Å². The van der Waals surface area contributed by atoms with E-state index in [9.17, 15) is 0 Å². The van der Waals surface area contributed by atoms with Crippen molar-refractivity contribution in [3.63, 3.8) is 0 Å². The summed E-state index contributed by atoms with van der Waals surface area (Å²) >= 11 is 21.5. The fraction of sp³-hybridized carbons (Fsp3) is 0.200. The molecule has 2 rings (SSSR count). The minimum atomic E-state index is 0.270. The van der Waals surface area contributed by atoms with Crippen LogP contribution in [0.5, 0.6) is 0 Å². The average molecular weight is 379 g/mol. The van der Waals surface area contributed by atoms with Gasteiger partial charge in [0.15, 0.2) is 0 Å². The highest BCUT2D eigenvalue weighted by Gasteiger charge is 2.12. The molecule has 0 nitrogen and oxygen atoms in total. The highest BCUT2D eigenvalue weighted by molar-refractivity contribution is 9.10. The Morgan fingerprint density at radius 2 is 1.63 bits per heavy atom. The standard InChI is InChI=1S/C15H12BrCl3/c16-13-4-2-11(3-5-13)12(9-17)7-10-1-6-14(18)15(19)8-10/h1-6,8,12H,7,9H2. The van der Waals surface area contributed by atoms with Crippen LogP contribution >= 0.6 is 50.7 Å². The van der Waals surface area contributed by atoms with Crippen LogP contribution in [0.15, 0.2) is 46.9 Å². The maximum atomic E-state index is 6.09. The highest BCUT2D eigenvalue weighted by Crippen LogP contribution is 2.28. The quantitative estimate of drug-likeness (QED) is 0.546. The van der Waals surface area contributed by atoms with Gasteiger partial charge in [-0.05, 0) is 41.8 Å². The summed E-state index contributed by atoms with van der Waals surface area (Å²) in [6.07, 6.45) is 0.849. The molecule has 0 spiro atoms. The summed E-state index contributed by atoms with van der Waals surface area (Å²) in [6, 6.07) is 14.0. The summed E-state index contributed by atoms with van der Waals surface area (Å²) < 4.78 is 1.07.